The van der Waals surface area contributed by atoms with Gasteiger partial charge in [-0.3, -0.25) is 4.79 Å². The predicted octanol–water partition coefficient (Wildman–Crippen LogP) is 2.23. The Morgan fingerprint density at radius 1 is 1.31 bits per heavy atom. The number of thiazole rings is 1. The molecule has 1 aliphatic rings. The summed E-state index contributed by atoms with van der Waals surface area (Å²) in [6.07, 6.45) is 3.90. The van der Waals surface area contributed by atoms with Crippen molar-refractivity contribution in [2.24, 2.45) is 0 Å². The molecule has 4 heterocycles. The van der Waals surface area contributed by atoms with Crippen LogP contribution in [0.2, 0.25) is 0 Å². The smallest absolute Gasteiger partial charge is 0.270 e. The third kappa shape index (κ3) is 3.26. The lowest BCUT2D eigenvalue weighted by Gasteiger charge is -2.12. The topological polar surface area (TPSA) is 88.3 Å². The highest BCUT2D eigenvalue weighted by Gasteiger charge is 2.17. The molecule has 26 heavy (non-hydrogen) atoms. The lowest BCUT2D eigenvalue weighted by Crippen LogP contribution is -2.25. The highest BCUT2D eigenvalue weighted by Crippen LogP contribution is 2.24. The summed E-state index contributed by atoms with van der Waals surface area (Å²) >= 11 is 1.63. The van der Waals surface area contributed by atoms with E-state index in [2.05, 4.69) is 30.3 Å². The van der Waals surface area contributed by atoms with Crippen molar-refractivity contribution in [1.82, 2.24) is 29.9 Å². The summed E-state index contributed by atoms with van der Waals surface area (Å²) in [5.41, 5.74) is 2.13. The number of anilines is 1. The van der Waals surface area contributed by atoms with Crippen LogP contribution in [0.1, 0.15) is 54.5 Å². The SMILES string of the molecule is CC(C)c1cc(C(=O)NCc2csc(N3CCCC3)n2)nc2ncnn12. The highest BCUT2D eigenvalue weighted by molar-refractivity contribution is 7.13. The van der Waals surface area contributed by atoms with Crippen LogP contribution in [0, 0.1) is 0 Å². The molecule has 136 valence electrons. The molecule has 8 nitrogen and oxygen atoms in total. The second kappa shape index (κ2) is 6.99. The molecule has 0 aliphatic carbocycles. The van der Waals surface area contributed by atoms with Crippen LogP contribution in [0.25, 0.3) is 5.78 Å². The fourth-order valence-electron chi connectivity index (χ4n) is 3.06. The molecular formula is C17H21N7OS. The summed E-state index contributed by atoms with van der Waals surface area (Å²) in [6, 6.07) is 1.78. The van der Waals surface area contributed by atoms with Crippen molar-refractivity contribution in [3.63, 3.8) is 0 Å². The maximum Gasteiger partial charge on any atom is 0.270 e. The van der Waals surface area contributed by atoms with E-state index in [-0.39, 0.29) is 11.8 Å². The van der Waals surface area contributed by atoms with Crippen molar-refractivity contribution in [2.45, 2.75) is 39.2 Å². The molecule has 1 fully saturated rings. The normalized spacial score (nSPS) is 14.5. The number of hydrogen-bond donors (Lipinski definition) is 1. The second-order valence-corrected chi connectivity index (χ2v) is 7.53. The molecule has 0 bridgehead atoms. The van der Waals surface area contributed by atoms with Gasteiger partial charge in [0, 0.05) is 18.5 Å². The van der Waals surface area contributed by atoms with Gasteiger partial charge in [0.15, 0.2) is 5.13 Å². The minimum Gasteiger partial charge on any atom is -0.348 e. The van der Waals surface area contributed by atoms with E-state index in [1.54, 1.807) is 21.9 Å². The molecule has 1 amide bonds. The molecule has 1 N–H and O–H groups in total. The van der Waals surface area contributed by atoms with Gasteiger partial charge in [-0.1, -0.05) is 13.8 Å². The first kappa shape index (κ1) is 16.9. The Kier molecular flexibility index (Phi) is 4.54. The van der Waals surface area contributed by atoms with E-state index in [1.165, 1.54) is 19.2 Å². The van der Waals surface area contributed by atoms with Crippen LogP contribution in [0.5, 0.6) is 0 Å². The van der Waals surface area contributed by atoms with Crippen molar-refractivity contribution < 1.29 is 4.79 Å². The number of carbonyl (C=O) groups is 1. The molecule has 9 heteroatoms. The van der Waals surface area contributed by atoms with Gasteiger partial charge in [-0.15, -0.1) is 11.3 Å². The van der Waals surface area contributed by atoms with Crippen LogP contribution in [0.15, 0.2) is 17.8 Å². The average molecular weight is 371 g/mol. The molecular weight excluding hydrogens is 350 g/mol. The molecule has 0 atom stereocenters. The molecule has 3 aromatic heterocycles. The largest absolute Gasteiger partial charge is 0.348 e. The van der Waals surface area contributed by atoms with E-state index in [1.807, 2.05) is 19.2 Å². The van der Waals surface area contributed by atoms with Gasteiger partial charge >= 0.3 is 0 Å². The van der Waals surface area contributed by atoms with Crippen LogP contribution in [0.3, 0.4) is 0 Å². The summed E-state index contributed by atoms with van der Waals surface area (Å²) in [5.74, 6) is 0.412. The Morgan fingerprint density at radius 3 is 2.88 bits per heavy atom. The summed E-state index contributed by atoms with van der Waals surface area (Å²) in [5, 5.41) is 10.1. The number of nitrogens with one attached hydrogen (secondary N) is 1. The third-order valence-corrected chi connectivity index (χ3v) is 5.40. The van der Waals surface area contributed by atoms with Gasteiger partial charge in [0.25, 0.3) is 11.7 Å². The molecule has 0 radical (unpaired) electrons. The minimum atomic E-state index is -0.229. The second-order valence-electron chi connectivity index (χ2n) is 6.69. The minimum absolute atomic E-state index is 0.204. The van der Waals surface area contributed by atoms with Crippen LogP contribution in [0.4, 0.5) is 5.13 Å². The first-order chi connectivity index (χ1) is 12.6. The van der Waals surface area contributed by atoms with E-state index in [0.717, 1.165) is 29.6 Å². The maximum absolute atomic E-state index is 12.6. The zero-order valence-electron chi connectivity index (χ0n) is 14.8. The van der Waals surface area contributed by atoms with Crippen LogP contribution in [-0.2, 0) is 6.54 Å². The summed E-state index contributed by atoms with van der Waals surface area (Å²) in [4.78, 5) is 27.9. The lowest BCUT2D eigenvalue weighted by molar-refractivity contribution is 0.0945. The van der Waals surface area contributed by atoms with Gasteiger partial charge in [0.1, 0.15) is 12.0 Å². The Balaban J connectivity index is 1.47. The van der Waals surface area contributed by atoms with E-state index >= 15 is 0 Å². The lowest BCUT2D eigenvalue weighted by atomic mass is 10.1. The molecule has 0 aromatic carbocycles. The quantitative estimate of drug-likeness (QED) is 0.740. The Morgan fingerprint density at radius 2 is 2.12 bits per heavy atom. The van der Waals surface area contributed by atoms with Gasteiger partial charge in [-0.05, 0) is 24.8 Å². The maximum atomic E-state index is 12.6. The molecule has 1 aliphatic heterocycles. The van der Waals surface area contributed by atoms with E-state index in [4.69, 9.17) is 0 Å². The summed E-state index contributed by atoms with van der Waals surface area (Å²) in [7, 11) is 0. The van der Waals surface area contributed by atoms with Gasteiger partial charge in [0.05, 0.1) is 17.9 Å². The number of aromatic nitrogens is 5. The van der Waals surface area contributed by atoms with E-state index in [9.17, 15) is 4.79 Å². The van der Waals surface area contributed by atoms with Crippen molar-refractivity contribution in [3.05, 3.63) is 34.9 Å². The fraction of sp³-hybridized carbons (Fsp3) is 0.471. The van der Waals surface area contributed by atoms with E-state index in [0.29, 0.717) is 18.0 Å². The third-order valence-electron chi connectivity index (χ3n) is 4.45. The van der Waals surface area contributed by atoms with Crippen LogP contribution >= 0.6 is 11.3 Å². The number of amides is 1. The monoisotopic (exact) mass is 371 g/mol. The molecule has 0 unspecified atom stereocenters. The number of carbonyl (C=O) groups excluding carboxylic acids is 1. The van der Waals surface area contributed by atoms with Gasteiger partial charge in [-0.25, -0.2) is 14.5 Å². The molecule has 0 spiro atoms. The van der Waals surface area contributed by atoms with Gasteiger partial charge in [-0.2, -0.15) is 10.1 Å². The molecule has 1 saturated heterocycles. The number of rotatable bonds is 5. The first-order valence-corrected chi connectivity index (χ1v) is 9.68. The molecule has 4 rings (SSSR count). The fourth-order valence-corrected chi connectivity index (χ4v) is 3.93. The standard InChI is InChI=1S/C17H21N7OS/c1-11(2)14-7-13(22-16-19-10-20-24(14)16)15(25)18-8-12-9-26-17(21-12)23-5-3-4-6-23/h7,9-11H,3-6,8H2,1-2H3,(H,18,25). The highest BCUT2D eigenvalue weighted by atomic mass is 32.1. The van der Waals surface area contributed by atoms with Gasteiger partial charge < -0.3 is 10.2 Å². The summed E-state index contributed by atoms with van der Waals surface area (Å²) < 4.78 is 1.67. The summed E-state index contributed by atoms with van der Waals surface area (Å²) in [6.45, 7) is 6.62. The number of hydrogen-bond acceptors (Lipinski definition) is 7. The first-order valence-electron chi connectivity index (χ1n) is 8.80. The number of nitrogens with zero attached hydrogens (tertiary/aromatic N) is 6. The zero-order chi connectivity index (χ0) is 18.1. The van der Waals surface area contributed by atoms with Crippen LogP contribution in [-0.4, -0.2) is 43.6 Å². The van der Waals surface area contributed by atoms with Crippen molar-refractivity contribution >= 4 is 28.2 Å². The van der Waals surface area contributed by atoms with Crippen molar-refractivity contribution in [3.8, 4) is 0 Å². The Hall–Kier alpha value is -2.55. The average Bonchev–Trinajstić information content (AvgIpc) is 3.39. The van der Waals surface area contributed by atoms with Crippen LogP contribution < -0.4 is 10.2 Å². The van der Waals surface area contributed by atoms with E-state index < -0.39 is 0 Å². The number of fused-ring (bicyclic) bond motifs is 1. The zero-order valence-corrected chi connectivity index (χ0v) is 15.7. The molecule has 3 aromatic rings. The predicted molar refractivity (Wildman–Crippen MR) is 99.6 cm³/mol. The van der Waals surface area contributed by atoms with Crippen molar-refractivity contribution in [1.29, 1.82) is 0 Å². The Labute approximate surface area is 155 Å². The van der Waals surface area contributed by atoms with Crippen molar-refractivity contribution in [2.75, 3.05) is 18.0 Å². The molecule has 0 saturated carbocycles. The Bertz CT molecular complexity index is 926. The van der Waals surface area contributed by atoms with Gasteiger partial charge in [0.2, 0.25) is 0 Å².